The molecule has 0 saturated carbocycles. The van der Waals surface area contributed by atoms with E-state index in [-0.39, 0.29) is 24.5 Å². The number of carbonyl (C=O) groups excluding carboxylic acids is 4. The largest absolute Gasteiger partial charge is 0.508 e. The minimum Gasteiger partial charge on any atom is -0.508 e. The molecule has 36 heavy (non-hydrogen) atoms. The molecule has 0 heterocycles. The molecule has 4 amide bonds. The van der Waals surface area contributed by atoms with Crippen molar-refractivity contribution in [1.82, 2.24) is 16.0 Å². The summed E-state index contributed by atoms with van der Waals surface area (Å²) in [5.41, 5.74) is 11.4. The van der Waals surface area contributed by atoms with Crippen LogP contribution in [0.15, 0.2) is 24.3 Å². The second-order valence-corrected chi connectivity index (χ2v) is 9.47. The number of carboxylic acids is 1. The zero-order chi connectivity index (χ0) is 27.6. The maximum Gasteiger partial charge on any atom is 0.326 e. The number of amides is 4. The molecular formula is C24H37N5O7. The number of benzene rings is 1. The number of phenolic OH excluding ortho intramolecular Hbond substituents is 1. The summed E-state index contributed by atoms with van der Waals surface area (Å²) in [4.78, 5) is 61.3. The lowest BCUT2D eigenvalue weighted by Gasteiger charge is -2.27. The van der Waals surface area contributed by atoms with Crippen LogP contribution in [-0.4, -0.2) is 64.0 Å². The molecule has 0 saturated heterocycles. The van der Waals surface area contributed by atoms with Crippen LogP contribution in [0.5, 0.6) is 5.75 Å². The van der Waals surface area contributed by atoms with Crippen LogP contribution in [0.4, 0.5) is 0 Å². The lowest BCUT2D eigenvalue weighted by atomic mass is 9.99. The molecule has 0 bridgehead atoms. The summed E-state index contributed by atoms with van der Waals surface area (Å²) in [7, 11) is 0. The maximum atomic E-state index is 13.2. The van der Waals surface area contributed by atoms with Crippen LogP contribution < -0.4 is 27.4 Å². The molecule has 12 nitrogen and oxygen atoms in total. The number of primary amides is 1. The third-order valence-electron chi connectivity index (χ3n) is 5.34. The van der Waals surface area contributed by atoms with E-state index in [1.54, 1.807) is 26.0 Å². The number of hydrogen-bond donors (Lipinski definition) is 7. The van der Waals surface area contributed by atoms with Gasteiger partial charge in [0.05, 0.1) is 12.5 Å². The van der Waals surface area contributed by atoms with Crippen molar-refractivity contribution in [2.24, 2.45) is 23.3 Å². The van der Waals surface area contributed by atoms with Crippen LogP contribution in [0, 0.1) is 11.8 Å². The molecule has 4 atom stereocenters. The Morgan fingerprint density at radius 1 is 0.861 bits per heavy atom. The van der Waals surface area contributed by atoms with Crippen molar-refractivity contribution >= 4 is 29.6 Å². The Morgan fingerprint density at radius 2 is 1.42 bits per heavy atom. The number of aromatic hydroxyl groups is 1. The lowest BCUT2D eigenvalue weighted by Crippen LogP contribution is -2.59. The fourth-order valence-corrected chi connectivity index (χ4v) is 3.41. The van der Waals surface area contributed by atoms with E-state index in [4.69, 9.17) is 11.5 Å². The highest BCUT2D eigenvalue weighted by Crippen LogP contribution is 2.13. The van der Waals surface area contributed by atoms with Crippen molar-refractivity contribution in [3.63, 3.8) is 0 Å². The predicted octanol–water partition coefficient (Wildman–Crippen LogP) is -0.621. The molecule has 0 aliphatic heterocycles. The lowest BCUT2D eigenvalue weighted by molar-refractivity contribution is -0.143. The predicted molar refractivity (Wildman–Crippen MR) is 131 cm³/mol. The molecule has 1 aromatic rings. The highest BCUT2D eigenvalue weighted by atomic mass is 16.4. The molecule has 0 radical (unpaired) electrons. The van der Waals surface area contributed by atoms with E-state index < -0.39 is 66.1 Å². The summed E-state index contributed by atoms with van der Waals surface area (Å²) in [6.07, 6.45) is -0.237. The van der Waals surface area contributed by atoms with E-state index >= 15 is 0 Å². The Morgan fingerprint density at radius 3 is 1.89 bits per heavy atom. The molecule has 0 fully saturated rings. The van der Waals surface area contributed by atoms with Gasteiger partial charge < -0.3 is 37.6 Å². The fraction of sp³-hybridized carbons (Fsp3) is 0.542. The summed E-state index contributed by atoms with van der Waals surface area (Å²) < 4.78 is 0. The van der Waals surface area contributed by atoms with E-state index in [0.29, 0.717) is 5.56 Å². The number of aliphatic carboxylic acids is 1. The van der Waals surface area contributed by atoms with Gasteiger partial charge in [-0.2, -0.15) is 0 Å². The third kappa shape index (κ3) is 10.3. The van der Waals surface area contributed by atoms with E-state index in [9.17, 15) is 34.2 Å². The number of rotatable bonds is 14. The van der Waals surface area contributed by atoms with Crippen LogP contribution in [0.1, 0.15) is 46.1 Å². The second kappa shape index (κ2) is 14.0. The highest BCUT2D eigenvalue weighted by molar-refractivity contribution is 5.95. The highest BCUT2D eigenvalue weighted by Gasteiger charge is 2.32. The van der Waals surface area contributed by atoms with Gasteiger partial charge in [-0.25, -0.2) is 4.79 Å². The minimum absolute atomic E-state index is 0.00741. The van der Waals surface area contributed by atoms with Gasteiger partial charge >= 0.3 is 5.97 Å². The second-order valence-electron chi connectivity index (χ2n) is 9.47. The molecule has 1 rings (SSSR count). The number of nitrogens with one attached hydrogen (secondary N) is 3. The van der Waals surface area contributed by atoms with Crippen LogP contribution in [0.25, 0.3) is 0 Å². The third-order valence-corrected chi connectivity index (χ3v) is 5.34. The first-order chi connectivity index (χ1) is 16.7. The van der Waals surface area contributed by atoms with Crippen molar-refractivity contribution in [3.05, 3.63) is 29.8 Å². The first-order valence-corrected chi connectivity index (χ1v) is 11.7. The quantitative estimate of drug-likeness (QED) is 0.172. The Balaban J connectivity index is 3.11. The average Bonchev–Trinajstić information content (AvgIpc) is 2.76. The van der Waals surface area contributed by atoms with Crippen molar-refractivity contribution in [1.29, 1.82) is 0 Å². The fourth-order valence-electron chi connectivity index (χ4n) is 3.41. The monoisotopic (exact) mass is 507 g/mol. The molecular weight excluding hydrogens is 470 g/mol. The maximum absolute atomic E-state index is 13.2. The zero-order valence-electron chi connectivity index (χ0n) is 21.0. The van der Waals surface area contributed by atoms with Crippen LogP contribution in [0.2, 0.25) is 0 Å². The van der Waals surface area contributed by atoms with Gasteiger partial charge in [0.25, 0.3) is 0 Å². The Bertz CT molecular complexity index is 933. The van der Waals surface area contributed by atoms with Gasteiger partial charge in [0, 0.05) is 6.42 Å². The number of carbonyl (C=O) groups is 5. The van der Waals surface area contributed by atoms with Crippen LogP contribution >= 0.6 is 0 Å². The van der Waals surface area contributed by atoms with Gasteiger partial charge in [-0.05, 0) is 36.0 Å². The van der Waals surface area contributed by atoms with Crippen molar-refractivity contribution < 1.29 is 34.2 Å². The Hall–Kier alpha value is -3.67. The summed E-state index contributed by atoms with van der Waals surface area (Å²) in [5, 5.41) is 26.5. The van der Waals surface area contributed by atoms with Gasteiger partial charge in [0.15, 0.2) is 0 Å². The number of carboxylic acid groups (broad SMARTS) is 1. The normalized spacial score (nSPS) is 14.4. The van der Waals surface area contributed by atoms with Gasteiger partial charge in [-0.3, -0.25) is 19.2 Å². The molecule has 1 aromatic carbocycles. The first kappa shape index (κ1) is 30.4. The number of phenols is 1. The van der Waals surface area contributed by atoms with Crippen LogP contribution in [0.3, 0.4) is 0 Å². The molecule has 200 valence electrons. The van der Waals surface area contributed by atoms with E-state index in [0.717, 1.165) is 0 Å². The SMILES string of the molecule is CC(C)CC(NC(=O)C(NC(=O)C(Cc1ccc(O)cc1)NC(=O)C(N)CC(N)=O)C(C)C)C(=O)O. The summed E-state index contributed by atoms with van der Waals surface area (Å²) in [5.74, 6) is -4.55. The van der Waals surface area contributed by atoms with E-state index in [1.807, 2.05) is 13.8 Å². The van der Waals surface area contributed by atoms with Crippen molar-refractivity contribution in [2.75, 3.05) is 0 Å². The molecule has 0 aliphatic rings. The summed E-state index contributed by atoms with van der Waals surface area (Å²) in [6, 6.07) is 1.24. The molecule has 0 aromatic heterocycles. The van der Waals surface area contributed by atoms with E-state index in [2.05, 4.69) is 16.0 Å². The molecule has 0 aliphatic carbocycles. The smallest absolute Gasteiger partial charge is 0.326 e. The number of nitrogens with two attached hydrogens (primary N) is 2. The zero-order valence-corrected chi connectivity index (χ0v) is 21.0. The van der Waals surface area contributed by atoms with Gasteiger partial charge in [-0.15, -0.1) is 0 Å². The first-order valence-electron chi connectivity index (χ1n) is 11.7. The Kier molecular flexibility index (Phi) is 11.8. The van der Waals surface area contributed by atoms with Crippen molar-refractivity contribution in [2.45, 2.75) is 71.1 Å². The molecule has 12 heteroatoms. The topological polar surface area (TPSA) is 214 Å². The van der Waals surface area contributed by atoms with Gasteiger partial charge in [0.2, 0.25) is 23.6 Å². The van der Waals surface area contributed by atoms with Crippen molar-refractivity contribution in [3.8, 4) is 5.75 Å². The molecule has 0 spiro atoms. The van der Waals surface area contributed by atoms with Gasteiger partial charge in [0.1, 0.15) is 23.9 Å². The average molecular weight is 508 g/mol. The summed E-state index contributed by atoms with van der Waals surface area (Å²) in [6.45, 7) is 7.00. The summed E-state index contributed by atoms with van der Waals surface area (Å²) >= 11 is 0. The molecule has 9 N–H and O–H groups in total. The number of hydrogen-bond acceptors (Lipinski definition) is 7. The molecule has 4 unspecified atom stereocenters. The van der Waals surface area contributed by atoms with Gasteiger partial charge in [-0.1, -0.05) is 39.8 Å². The standard InChI is InChI=1S/C24H37N5O7/c1-12(2)9-18(24(35)36)28-23(34)20(13(3)4)29-22(33)17(10-14-5-7-15(30)8-6-14)27-21(32)16(25)11-19(26)31/h5-8,12-13,16-18,20,30H,9-11,25H2,1-4H3,(H2,26,31)(H,27,32)(H,28,34)(H,29,33)(H,35,36). The van der Waals surface area contributed by atoms with Crippen LogP contribution in [-0.2, 0) is 30.4 Å². The Labute approximate surface area is 210 Å². The minimum atomic E-state index is -1.28. The van der Waals surface area contributed by atoms with E-state index in [1.165, 1.54) is 12.1 Å².